The minimum Gasteiger partial charge on any atom is -0.494 e. The summed E-state index contributed by atoms with van der Waals surface area (Å²) in [7, 11) is 1.50. The molecule has 1 fully saturated rings. The number of rotatable bonds is 10. The lowest BCUT2D eigenvalue weighted by atomic mass is 10.1. The molecule has 1 aromatic heterocycles. The number of hydrazine groups is 1. The number of anilines is 4. The van der Waals surface area contributed by atoms with Crippen LogP contribution in [0.2, 0.25) is 0 Å². The van der Waals surface area contributed by atoms with E-state index >= 15 is 0 Å². The lowest BCUT2D eigenvalue weighted by molar-refractivity contribution is -0.117. The summed E-state index contributed by atoms with van der Waals surface area (Å²) in [5.74, 6) is 7.35. The zero-order valence-corrected chi connectivity index (χ0v) is 21.5. The number of morpholine rings is 1. The van der Waals surface area contributed by atoms with Crippen LogP contribution in [0.4, 0.5) is 23.0 Å². The van der Waals surface area contributed by atoms with E-state index in [9.17, 15) is 9.59 Å². The number of methoxy groups -OCH3 is 1. The average molecular weight is 525 g/mol. The van der Waals surface area contributed by atoms with Gasteiger partial charge >= 0.3 is 0 Å². The van der Waals surface area contributed by atoms with Gasteiger partial charge in [-0.2, -0.15) is 0 Å². The molecule has 38 heavy (non-hydrogen) atoms. The van der Waals surface area contributed by atoms with E-state index in [2.05, 4.69) is 30.5 Å². The summed E-state index contributed by atoms with van der Waals surface area (Å²) in [6.07, 6.45) is 0. The number of ether oxygens (including phenoxy) is 2. The van der Waals surface area contributed by atoms with Gasteiger partial charge in [-0.15, -0.1) is 0 Å². The van der Waals surface area contributed by atoms with Gasteiger partial charge in [0.25, 0.3) is 5.91 Å². The molecule has 14 nitrogen and oxygen atoms in total. The minimum absolute atomic E-state index is 0.176. The molecular weight excluding hydrogens is 492 g/mol. The zero-order valence-electron chi connectivity index (χ0n) is 21.5. The molecule has 0 aliphatic carbocycles. The van der Waals surface area contributed by atoms with Gasteiger partial charge in [0.15, 0.2) is 5.82 Å². The predicted molar refractivity (Wildman–Crippen MR) is 143 cm³/mol. The van der Waals surface area contributed by atoms with Gasteiger partial charge in [-0.3, -0.25) is 19.5 Å². The lowest BCUT2D eigenvalue weighted by Gasteiger charge is -2.35. The first kappa shape index (κ1) is 26.9. The van der Waals surface area contributed by atoms with Crippen LogP contribution in [-0.2, 0) is 9.53 Å². The van der Waals surface area contributed by atoms with Crippen molar-refractivity contribution in [2.45, 2.75) is 13.0 Å². The number of carbonyl (C=O) groups is 2. The number of carbonyl (C=O) groups excluding carboxylic acids is 2. The van der Waals surface area contributed by atoms with Crippen molar-refractivity contribution in [3.63, 3.8) is 0 Å². The maximum atomic E-state index is 12.7. The number of fused-ring (bicyclic) bond motifs is 1. The normalized spacial score (nSPS) is 17.2. The fourth-order valence-electron chi connectivity index (χ4n) is 4.34. The molecule has 1 atom stereocenters. The van der Waals surface area contributed by atoms with Crippen molar-refractivity contribution in [1.82, 2.24) is 15.2 Å². The quantitative estimate of drug-likeness (QED) is 0.137. The molecule has 1 aromatic carbocycles. The smallest absolute Gasteiger partial charge is 0.251 e. The van der Waals surface area contributed by atoms with Crippen molar-refractivity contribution in [2.75, 3.05) is 74.8 Å². The van der Waals surface area contributed by atoms with Gasteiger partial charge < -0.3 is 25.0 Å². The van der Waals surface area contributed by atoms with Gasteiger partial charge in [0.2, 0.25) is 5.91 Å². The molecule has 4 N–H and O–H groups in total. The lowest BCUT2D eigenvalue weighted by Crippen LogP contribution is -2.48. The van der Waals surface area contributed by atoms with Crippen LogP contribution in [0.25, 0.3) is 10.4 Å². The molecule has 0 saturated carbocycles. The van der Waals surface area contributed by atoms with Crippen LogP contribution in [0.5, 0.6) is 5.75 Å². The van der Waals surface area contributed by atoms with Gasteiger partial charge in [0.1, 0.15) is 23.3 Å². The van der Waals surface area contributed by atoms with E-state index < -0.39 is 6.04 Å². The molecule has 2 aliphatic rings. The molecule has 202 valence electrons. The van der Waals surface area contributed by atoms with Crippen LogP contribution in [0.3, 0.4) is 0 Å². The summed E-state index contributed by atoms with van der Waals surface area (Å²) in [6.45, 7) is 6.65. The third-order valence-electron chi connectivity index (χ3n) is 6.51. The standard InChI is InChI=1S/C24H32N10O4/c1-16-23(35)29-18-4-6-21(30-22(18)33(16)10-8-28-31-25)34(26)19-5-3-17(15-20(19)37-2)24(36)27-7-9-32-11-13-38-14-12-32/h3-6,15-16H,7-14,26H2,1-2H3,(H,27,36)(H,29,35)/t16-/m1/s1. The van der Waals surface area contributed by atoms with Crippen LogP contribution >= 0.6 is 0 Å². The van der Waals surface area contributed by atoms with Crippen molar-refractivity contribution in [3.8, 4) is 5.75 Å². The van der Waals surface area contributed by atoms with Gasteiger partial charge in [-0.1, -0.05) is 5.11 Å². The highest BCUT2D eigenvalue weighted by Crippen LogP contribution is 2.36. The Hall–Kier alpha value is -4.10. The number of nitrogens with zero attached hydrogens (tertiary/aromatic N) is 7. The van der Waals surface area contributed by atoms with Crippen molar-refractivity contribution >= 4 is 34.8 Å². The number of amides is 2. The number of pyridine rings is 1. The van der Waals surface area contributed by atoms with Gasteiger partial charge in [-0.25, -0.2) is 10.8 Å². The van der Waals surface area contributed by atoms with Gasteiger partial charge in [0, 0.05) is 49.7 Å². The summed E-state index contributed by atoms with van der Waals surface area (Å²) in [6, 6.07) is 7.87. The molecule has 4 rings (SSSR count). The van der Waals surface area contributed by atoms with Crippen LogP contribution in [0, 0.1) is 0 Å². The molecule has 1 saturated heterocycles. The molecule has 0 unspecified atom stereocenters. The Kier molecular flexibility index (Phi) is 8.81. The number of nitrogens with two attached hydrogens (primary N) is 1. The molecule has 2 amide bonds. The second-order valence-corrected chi connectivity index (χ2v) is 8.82. The van der Waals surface area contributed by atoms with Crippen LogP contribution in [0.1, 0.15) is 17.3 Å². The van der Waals surface area contributed by atoms with Crippen molar-refractivity contribution in [3.05, 3.63) is 46.3 Å². The largest absolute Gasteiger partial charge is 0.494 e. The first-order chi connectivity index (χ1) is 18.4. The number of hydrogen-bond donors (Lipinski definition) is 3. The third kappa shape index (κ3) is 6.06. The Bertz CT molecular complexity index is 1210. The second-order valence-electron chi connectivity index (χ2n) is 8.82. The fourth-order valence-corrected chi connectivity index (χ4v) is 4.34. The minimum atomic E-state index is -0.513. The van der Waals surface area contributed by atoms with E-state index in [4.69, 9.17) is 20.8 Å². The average Bonchev–Trinajstić information content (AvgIpc) is 2.94. The number of aromatic nitrogens is 1. The number of benzene rings is 1. The molecule has 2 aromatic rings. The van der Waals surface area contributed by atoms with E-state index in [0.29, 0.717) is 60.6 Å². The van der Waals surface area contributed by atoms with Crippen molar-refractivity contribution < 1.29 is 19.1 Å². The van der Waals surface area contributed by atoms with Crippen LogP contribution in [-0.4, -0.2) is 87.3 Å². The molecule has 2 aliphatic heterocycles. The molecule has 14 heteroatoms. The maximum absolute atomic E-state index is 12.7. The Morgan fingerprint density at radius 1 is 1.34 bits per heavy atom. The van der Waals surface area contributed by atoms with Crippen LogP contribution < -0.4 is 31.1 Å². The Balaban J connectivity index is 1.50. The SMILES string of the molecule is COc1cc(C(=O)NCCN2CCOCC2)ccc1N(N)c1ccc2c(n1)N(CCN=[N+]=[N-])[C@H](C)C(=O)N2. The van der Waals surface area contributed by atoms with Crippen molar-refractivity contribution in [2.24, 2.45) is 11.0 Å². The second kappa shape index (κ2) is 12.4. The molecule has 0 radical (unpaired) electrons. The maximum Gasteiger partial charge on any atom is 0.251 e. The van der Waals surface area contributed by atoms with E-state index in [-0.39, 0.29) is 18.4 Å². The van der Waals surface area contributed by atoms with Gasteiger partial charge in [-0.05, 0) is 42.8 Å². The first-order valence-electron chi connectivity index (χ1n) is 12.3. The van der Waals surface area contributed by atoms with Crippen LogP contribution in [0.15, 0.2) is 35.4 Å². The number of hydrogen-bond acceptors (Lipinski definition) is 10. The first-order valence-corrected chi connectivity index (χ1v) is 12.3. The molecule has 3 heterocycles. The summed E-state index contributed by atoms with van der Waals surface area (Å²) in [5.41, 5.74) is 10.1. The summed E-state index contributed by atoms with van der Waals surface area (Å²) in [4.78, 5) is 36.6. The van der Waals surface area contributed by atoms with E-state index in [1.165, 1.54) is 12.1 Å². The predicted octanol–water partition coefficient (Wildman–Crippen LogP) is 1.62. The van der Waals surface area contributed by atoms with E-state index in [0.717, 1.165) is 19.6 Å². The van der Waals surface area contributed by atoms with Crippen molar-refractivity contribution in [1.29, 1.82) is 0 Å². The highest BCUT2D eigenvalue weighted by molar-refractivity contribution is 6.02. The van der Waals surface area contributed by atoms with Gasteiger partial charge in [0.05, 0.1) is 26.0 Å². The summed E-state index contributed by atoms with van der Waals surface area (Å²) in [5, 5.41) is 10.7. The number of azide groups is 1. The zero-order chi connectivity index (χ0) is 27.1. The highest BCUT2D eigenvalue weighted by atomic mass is 16.5. The molecular formula is C24H32N10O4. The Morgan fingerprint density at radius 3 is 2.87 bits per heavy atom. The molecule has 0 bridgehead atoms. The van der Waals surface area contributed by atoms with E-state index in [1.807, 2.05) is 0 Å². The monoisotopic (exact) mass is 524 g/mol. The third-order valence-corrected chi connectivity index (χ3v) is 6.51. The number of nitrogens with one attached hydrogen (secondary N) is 2. The Labute approximate surface area is 220 Å². The summed E-state index contributed by atoms with van der Waals surface area (Å²) >= 11 is 0. The topological polar surface area (TPSA) is 174 Å². The van der Waals surface area contributed by atoms with E-state index in [1.54, 1.807) is 42.2 Å². The highest BCUT2D eigenvalue weighted by Gasteiger charge is 2.31. The fraction of sp³-hybridized carbons (Fsp3) is 0.458. The molecule has 0 spiro atoms. The Morgan fingerprint density at radius 2 is 2.13 bits per heavy atom. The summed E-state index contributed by atoms with van der Waals surface area (Å²) < 4.78 is 10.9.